The van der Waals surface area contributed by atoms with Crippen molar-refractivity contribution in [2.75, 3.05) is 14.2 Å². The van der Waals surface area contributed by atoms with E-state index in [1.54, 1.807) is 32.4 Å². The molecule has 1 aliphatic rings. The molecule has 0 aromatic heterocycles. The molecule has 0 spiro atoms. The van der Waals surface area contributed by atoms with Crippen molar-refractivity contribution in [2.45, 2.75) is 12.8 Å². The monoisotopic (exact) mass is 304 g/mol. The van der Waals surface area contributed by atoms with E-state index in [0.29, 0.717) is 22.8 Å². The van der Waals surface area contributed by atoms with E-state index in [1.165, 1.54) is 6.21 Å². The van der Waals surface area contributed by atoms with Crippen LogP contribution in [0, 0.1) is 0 Å². The lowest BCUT2D eigenvalue weighted by atomic mass is 10.2. The Labute approximate surface area is 127 Å². The van der Waals surface area contributed by atoms with Gasteiger partial charge in [0.25, 0.3) is 0 Å². The number of amides is 2. The smallest absolute Gasteiger partial charge is 0.245 e. The number of nitrogens with zero attached hydrogens (tertiary/aromatic N) is 2. The Kier molecular flexibility index (Phi) is 5.07. The summed E-state index contributed by atoms with van der Waals surface area (Å²) in [6.07, 6.45) is 1.62. The molecule has 0 bridgehead atoms. The van der Waals surface area contributed by atoms with Crippen LogP contribution in [0.5, 0.6) is 11.5 Å². The summed E-state index contributed by atoms with van der Waals surface area (Å²) >= 11 is 0. The van der Waals surface area contributed by atoms with Crippen molar-refractivity contribution >= 4 is 23.7 Å². The van der Waals surface area contributed by atoms with Crippen molar-refractivity contribution in [3.8, 4) is 11.5 Å². The van der Waals surface area contributed by atoms with Gasteiger partial charge in [0.15, 0.2) is 0 Å². The van der Waals surface area contributed by atoms with Gasteiger partial charge in [0.2, 0.25) is 11.8 Å². The summed E-state index contributed by atoms with van der Waals surface area (Å²) in [4.78, 5) is 22.6. The predicted octanol–water partition coefficient (Wildman–Crippen LogP) is 0.420. The Morgan fingerprint density at radius 1 is 1.45 bits per heavy atom. The Hall–Kier alpha value is -2.90. The highest BCUT2D eigenvalue weighted by molar-refractivity contribution is 6.11. The Morgan fingerprint density at radius 2 is 2.27 bits per heavy atom. The highest BCUT2D eigenvalue weighted by atomic mass is 16.5. The summed E-state index contributed by atoms with van der Waals surface area (Å²) < 4.78 is 10.3. The molecule has 8 heteroatoms. The van der Waals surface area contributed by atoms with E-state index in [9.17, 15) is 9.59 Å². The van der Waals surface area contributed by atoms with Crippen molar-refractivity contribution in [2.24, 2.45) is 10.2 Å². The van der Waals surface area contributed by atoms with Crippen LogP contribution in [0.1, 0.15) is 18.4 Å². The van der Waals surface area contributed by atoms with Crippen molar-refractivity contribution in [1.82, 2.24) is 10.9 Å². The average molecular weight is 304 g/mol. The number of hydrazone groups is 2. The Morgan fingerprint density at radius 3 is 2.91 bits per heavy atom. The maximum absolute atomic E-state index is 11.7. The van der Waals surface area contributed by atoms with Crippen molar-refractivity contribution < 1.29 is 19.1 Å². The molecular weight excluding hydrogens is 288 g/mol. The number of rotatable bonds is 6. The molecule has 8 nitrogen and oxygen atoms in total. The number of ether oxygens (including phenoxy) is 2. The minimum absolute atomic E-state index is 0.0192. The molecule has 22 heavy (non-hydrogen) atoms. The number of hydrogen-bond donors (Lipinski definition) is 2. The van der Waals surface area contributed by atoms with Crippen LogP contribution >= 0.6 is 0 Å². The first-order valence-electron chi connectivity index (χ1n) is 6.50. The molecule has 2 amide bonds. The van der Waals surface area contributed by atoms with Crippen LogP contribution < -0.4 is 20.3 Å². The van der Waals surface area contributed by atoms with Crippen molar-refractivity contribution in [3.05, 3.63) is 23.8 Å². The molecule has 0 unspecified atom stereocenters. The number of carbonyl (C=O) groups is 2. The Bertz CT molecular complexity index is 640. The van der Waals surface area contributed by atoms with E-state index in [4.69, 9.17) is 9.47 Å². The second kappa shape index (κ2) is 7.21. The summed E-state index contributed by atoms with van der Waals surface area (Å²) in [5.41, 5.74) is 5.81. The van der Waals surface area contributed by atoms with E-state index in [0.717, 1.165) is 0 Å². The summed E-state index contributed by atoms with van der Waals surface area (Å²) in [6, 6.07) is 5.24. The largest absolute Gasteiger partial charge is 0.497 e. The molecule has 2 N–H and O–H groups in total. The van der Waals surface area contributed by atoms with Gasteiger partial charge in [-0.15, -0.1) is 0 Å². The van der Waals surface area contributed by atoms with Gasteiger partial charge in [-0.25, -0.2) is 10.9 Å². The fourth-order valence-electron chi connectivity index (χ4n) is 1.85. The van der Waals surface area contributed by atoms with Crippen LogP contribution in [0.2, 0.25) is 0 Å². The summed E-state index contributed by atoms with van der Waals surface area (Å²) in [5, 5.41) is 7.61. The third-order valence-electron chi connectivity index (χ3n) is 2.90. The molecule has 2 rings (SSSR count). The van der Waals surface area contributed by atoms with Gasteiger partial charge in [-0.2, -0.15) is 10.2 Å². The topological polar surface area (TPSA) is 101 Å². The molecule has 0 atom stereocenters. The molecule has 0 saturated carbocycles. The van der Waals surface area contributed by atoms with Crippen molar-refractivity contribution in [1.29, 1.82) is 0 Å². The van der Waals surface area contributed by atoms with E-state index < -0.39 is 0 Å². The molecule has 0 aliphatic carbocycles. The van der Waals surface area contributed by atoms with E-state index >= 15 is 0 Å². The Balaban J connectivity index is 1.94. The van der Waals surface area contributed by atoms with Crippen LogP contribution in [-0.2, 0) is 9.59 Å². The van der Waals surface area contributed by atoms with Crippen LogP contribution in [0.4, 0.5) is 0 Å². The number of benzene rings is 1. The third-order valence-corrected chi connectivity index (χ3v) is 2.90. The van der Waals surface area contributed by atoms with Crippen LogP contribution in [-0.4, -0.2) is 38.0 Å². The molecule has 1 aliphatic heterocycles. The predicted molar refractivity (Wildman–Crippen MR) is 80.1 cm³/mol. The molecule has 0 radical (unpaired) electrons. The SMILES string of the molecule is COc1ccc(OC)c(/C=N\NC(=O)CC2=NNC(=O)C2)c1. The third kappa shape index (κ3) is 4.05. The molecular formula is C14H16N4O4. The lowest BCUT2D eigenvalue weighted by Gasteiger charge is -2.06. The average Bonchev–Trinajstić information content (AvgIpc) is 2.92. The van der Waals surface area contributed by atoms with Gasteiger partial charge in [0.1, 0.15) is 11.5 Å². The fourth-order valence-corrected chi connectivity index (χ4v) is 1.85. The minimum Gasteiger partial charge on any atom is -0.497 e. The van der Waals surface area contributed by atoms with Crippen LogP contribution in [0.15, 0.2) is 28.4 Å². The zero-order chi connectivity index (χ0) is 15.9. The van der Waals surface area contributed by atoms with Crippen molar-refractivity contribution in [3.63, 3.8) is 0 Å². The zero-order valence-corrected chi connectivity index (χ0v) is 12.3. The number of carbonyl (C=O) groups excluding carboxylic acids is 2. The van der Waals surface area contributed by atoms with Gasteiger partial charge in [-0.05, 0) is 18.2 Å². The van der Waals surface area contributed by atoms with E-state index in [2.05, 4.69) is 21.1 Å². The zero-order valence-electron chi connectivity index (χ0n) is 12.3. The quantitative estimate of drug-likeness (QED) is 0.587. The van der Waals surface area contributed by atoms with Gasteiger partial charge in [-0.1, -0.05) is 0 Å². The summed E-state index contributed by atoms with van der Waals surface area (Å²) in [6.45, 7) is 0. The number of hydrogen-bond acceptors (Lipinski definition) is 6. The van der Waals surface area contributed by atoms with Gasteiger partial charge < -0.3 is 9.47 Å². The molecule has 0 saturated heterocycles. The highest BCUT2D eigenvalue weighted by Gasteiger charge is 2.17. The number of nitrogens with one attached hydrogen (secondary N) is 2. The van der Waals surface area contributed by atoms with Gasteiger partial charge >= 0.3 is 0 Å². The van der Waals surface area contributed by atoms with Crippen LogP contribution in [0.25, 0.3) is 0 Å². The first kappa shape index (κ1) is 15.5. The van der Waals surface area contributed by atoms with Gasteiger partial charge in [-0.3, -0.25) is 9.59 Å². The fraction of sp³-hybridized carbons (Fsp3) is 0.286. The van der Waals surface area contributed by atoms with E-state index in [-0.39, 0.29) is 24.7 Å². The standard InChI is InChI=1S/C14H16N4O4/c1-21-11-3-4-12(22-2)9(5-11)8-15-17-13(19)6-10-7-14(20)18-16-10/h3-5,8H,6-7H2,1-2H3,(H,17,19)(H,18,20)/b15-8-. The summed E-state index contributed by atoms with van der Waals surface area (Å²) in [7, 11) is 3.10. The van der Waals surface area contributed by atoms with E-state index in [1.807, 2.05) is 0 Å². The second-order valence-electron chi connectivity index (χ2n) is 4.47. The maximum Gasteiger partial charge on any atom is 0.245 e. The molecule has 116 valence electrons. The lowest BCUT2D eigenvalue weighted by Crippen LogP contribution is -2.20. The van der Waals surface area contributed by atoms with Gasteiger partial charge in [0.05, 0.1) is 39.0 Å². The molecule has 0 fully saturated rings. The second-order valence-corrected chi connectivity index (χ2v) is 4.47. The highest BCUT2D eigenvalue weighted by Crippen LogP contribution is 2.22. The lowest BCUT2D eigenvalue weighted by molar-refractivity contribution is -0.119. The number of methoxy groups -OCH3 is 2. The molecule has 1 aromatic rings. The molecule has 1 aromatic carbocycles. The molecule has 1 heterocycles. The minimum atomic E-state index is -0.353. The summed E-state index contributed by atoms with van der Waals surface area (Å²) in [5.74, 6) is 0.688. The first-order valence-corrected chi connectivity index (χ1v) is 6.50. The van der Waals surface area contributed by atoms with Crippen LogP contribution in [0.3, 0.4) is 0 Å². The first-order chi connectivity index (χ1) is 10.6. The normalized spacial score (nSPS) is 13.7. The maximum atomic E-state index is 11.7. The van der Waals surface area contributed by atoms with Gasteiger partial charge in [0, 0.05) is 5.56 Å².